The molecule has 0 aromatic heterocycles. The summed E-state index contributed by atoms with van der Waals surface area (Å²) in [5, 5.41) is 25.2. The van der Waals surface area contributed by atoms with Crippen molar-refractivity contribution in [3.05, 3.63) is 63.8 Å². The van der Waals surface area contributed by atoms with E-state index in [-0.39, 0.29) is 0 Å². The normalized spacial score (nSPS) is 24.3. The first-order valence-electron chi connectivity index (χ1n) is 10.2. The number of hydrogen-bond acceptors (Lipinski definition) is 7. The van der Waals surface area contributed by atoms with Crippen LogP contribution in [0, 0.1) is 0 Å². The molecule has 3 aliphatic rings. The summed E-state index contributed by atoms with van der Waals surface area (Å²) in [4.78, 5) is 8.12. The summed E-state index contributed by atoms with van der Waals surface area (Å²) in [7, 11) is 0. The van der Waals surface area contributed by atoms with Crippen LogP contribution in [-0.4, -0.2) is 61.3 Å². The molecule has 0 aliphatic carbocycles. The zero-order valence-electron chi connectivity index (χ0n) is 16.5. The van der Waals surface area contributed by atoms with E-state index in [1.807, 2.05) is 42.5 Å². The molecule has 2 aromatic carbocycles. The zero-order valence-corrected chi connectivity index (χ0v) is 18.1. The third-order valence-electron chi connectivity index (χ3n) is 5.65. The van der Waals surface area contributed by atoms with E-state index in [9.17, 15) is 5.11 Å². The predicted octanol–water partition coefficient (Wildman–Crippen LogP) is 2.66. The maximum atomic E-state index is 10.8. The average Bonchev–Trinajstić information content (AvgIpc) is 3.28. The standard InChI is InChI=1S/C22H24BrN5O2/c23-14-5-6-18-16(13-14)19(22(29)26-18)21-20(15-3-1-2-4-17(15)25-21)27-30-12-11-28-9-7-24-8-10-28/h1-6,13,22,24-26,29H,7-12H2/b21-19-,27-20+. The number of anilines is 2. The van der Waals surface area contributed by atoms with Crippen LogP contribution in [0.3, 0.4) is 0 Å². The molecule has 156 valence electrons. The summed E-state index contributed by atoms with van der Waals surface area (Å²) < 4.78 is 0.955. The van der Waals surface area contributed by atoms with Crippen LogP contribution < -0.4 is 16.0 Å². The van der Waals surface area contributed by atoms with Gasteiger partial charge in [0.15, 0.2) is 6.23 Å². The van der Waals surface area contributed by atoms with Gasteiger partial charge in [0.2, 0.25) is 0 Å². The fourth-order valence-electron chi connectivity index (χ4n) is 4.14. The molecule has 0 radical (unpaired) electrons. The van der Waals surface area contributed by atoms with Gasteiger partial charge in [0, 0.05) is 65.3 Å². The first kappa shape index (κ1) is 19.6. The molecule has 5 rings (SSSR count). The lowest BCUT2D eigenvalue weighted by Gasteiger charge is -2.26. The predicted molar refractivity (Wildman–Crippen MR) is 123 cm³/mol. The van der Waals surface area contributed by atoms with Crippen LogP contribution in [-0.2, 0) is 4.84 Å². The van der Waals surface area contributed by atoms with Crippen molar-refractivity contribution in [1.29, 1.82) is 0 Å². The summed E-state index contributed by atoms with van der Waals surface area (Å²) >= 11 is 3.54. The first-order valence-corrected chi connectivity index (χ1v) is 11.0. The molecule has 8 heteroatoms. The number of nitrogens with one attached hydrogen (secondary N) is 3. The van der Waals surface area contributed by atoms with Crippen molar-refractivity contribution in [1.82, 2.24) is 10.2 Å². The molecule has 2 aromatic rings. The fraction of sp³-hybridized carbons (Fsp3) is 0.318. The van der Waals surface area contributed by atoms with Crippen LogP contribution in [0.25, 0.3) is 5.57 Å². The summed E-state index contributed by atoms with van der Waals surface area (Å²) in [5.41, 5.74) is 6.03. The molecular formula is C22H24BrN5O2. The van der Waals surface area contributed by atoms with Crippen molar-refractivity contribution in [2.45, 2.75) is 6.23 Å². The van der Waals surface area contributed by atoms with Crippen molar-refractivity contribution in [2.75, 3.05) is 50.0 Å². The number of aliphatic hydroxyl groups excluding tert-OH is 1. The lowest BCUT2D eigenvalue weighted by atomic mass is 10.0. The Hall–Kier alpha value is -2.39. The highest BCUT2D eigenvalue weighted by molar-refractivity contribution is 9.10. The summed E-state index contributed by atoms with van der Waals surface area (Å²) in [6.07, 6.45) is -0.822. The minimum absolute atomic E-state index is 0.525. The zero-order chi connectivity index (χ0) is 20.5. The third-order valence-corrected chi connectivity index (χ3v) is 6.14. The summed E-state index contributed by atoms with van der Waals surface area (Å²) in [6.45, 7) is 5.47. The van der Waals surface area contributed by atoms with Gasteiger partial charge < -0.3 is 25.9 Å². The molecule has 3 heterocycles. The lowest BCUT2D eigenvalue weighted by molar-refractivity contribution is 0.105. The van der Waals surface area contributed by atoms with Gasteiger partial charge in [-0.15, -0.1) is 0 Å². The highest BCUT2D eigenvalue weighted by atomic mass is 79.9. The van der Waals surface area contributed by atoms with Gasteiger partial charge in [-0.2, -0.15) is 0 Å². The highest BCUT2D eigenvalue weighted by Gasteiger charge is 2.34. The van der Waals surface area contributed by atoms with Gasteiger partial charge in [-0.05, 0) is 24.3 Å². The van der Waals surface area contributed by atoms with Gasteiger partial charge in [0.25, 0.3) is 0 Å². The highest BCUT2D eigenvalue weighted by Crippen LogP contribution is 2.41. The first-order chi connectivity index (χ1) is 14.7. The Morgan fingerprint density at radius 1 is 1.10 bits per heavy atom. The Bertz CT molecular complexity index is 1020. The molecular weight excluding hydrogens is 446 g/mol. The van der Waals surface area contributed by atoms with Gasteiger partial charge >= 0.3 is 0 Å². The maximum Gasteiger partial charge on any atom is 0.153 e. The largest absolute Gasteiger partial charge is 0.394 e. The van der Waals surface area contributed by atoms with Crippen molar-refractivity contribution in [2.24, 2.45) is 5.16 Å². The van der Waals surface area contributed by atoms with E-state index in [0.29, 0.717) is 6.61 Å². The van der Waals surface area contributed by atoms with Crippen LogP contribution in [0.15, 0.2) is 57.8 Å². The van der Waals surface area contributed by atoms with Crippen molar-refractivity contribution < 1.29 is 9.94 Å². The molecule has 30 heavy (non-hydrogen) atoms. The van der Waals surface area contributed by atoms with Crippen molar-refractivity contribution in [3.8, 4) is 0 Å². The number of nitrogens with zero attached hydrogens (tertiary/aromatic N) is 2. The molecule has 0 saturated carbocycles. The molecule has 1 atom stereocenters. The van der Waals surface area contributed by atoms with E-state index in [2.05, 4.69) is 41.9 Å². The Morgan fingerprint density at radius 2 is 1.93 bits per heavy atom. The van der Waals surface area contributed by atoms with E-state index < -0.39 is 6.23 Å². The van der Waals surface area contributed by atoms with E-state index >= 15 is 0 Å². The quantitative estimate of drug-likeness (QED) is 0.407. The molecule has 1 fully saturated rings. The second-order valence-corrected chi connectivity index (χ2v) is 8.48. The van der Waals surface area contributed by atoms with E-state index in [0.717, 1.165) is 76.7 Å². The number of piperazine rings is 1. The van der Waals surface area contributed by atoms with Crippen LogP contribution in [0.4, 0.5) is 11.4 Å². The Balaban J connectivity index is 1.46. The Labute approximate surface area is 183 Å². The van der Waals surface area contributed by atoms with Gasteiger partial charge in [0.1, 0.15) is 12.3 Å². The minimum Gasteiger partial charge on any atom is -0.394 e. The number of allylic oxidation sites excluding steroid dienone is 1. The Kier molecular flexibility index (Phi) is 5.47. The summed E-state index contributed by atoms with van der Waals surface area (Å²) in [5.74, 6) is 0. The lowest BCUT2D eigenvalue weighted by Crippen LogP contribution is -2.44. The molecule has 0 bridgehead atoms. The van der Waals surface area contributed by atoms with E-state index in [1.165, 1.54) is 0 Å². The topological polar surface area (TPSA) is 81.1 Å². The maximum absolute atomic E-state index is 10.8. The van der Waals surface area contributed by atoms with Crippen molar-refractivity contribution >= 4 is 38.6 Å². The smallest absolute Gasteiger partial charge is 0.153 e. The third kappa shape index (κ3) is 3.72. The van der Waals surface area contributed by atoms with E-state index in [1.54, 1.807) is 0 Å². The monoisotopic (exact) mass is 469 g/mol. The van der Waals surface area contributed by atoms with Crippen LogP contribution >= 0.6 is 15.9 Å². The molecule has 0 amide bonds. The minimum atomic E-state index is -0.822. The molecule has 3 aliphatic heterocycles. The van der Waals surface area contributed by atoms with Crippen LogP contribution in [0.2, 0.25) is 0 Å². The fourth-order valence-corrected chi connectivity index (χ4v) is 4.50. The van der Waals surface area contributed by atoms with Gasteiger partial charge in [0.05, 0.1) is 5.70 Å². The molecule has 7 nitrogen and oxygen atoms in total. The number of rotatable bonds is 4. The average molecular weight is 470 g/mol. The molecule has 0 spiro atoms. The second kappa shape index (κ2) is 8.39. The van der Waals surface area contributed by atoms with Gasteiger partial charge in [-0.1, -0.05) is 39.3 Å². The number of oxime groups is 1. The van der Waals surface area contributed by atoms with Crippen molar-refractivity contribution in [3.63, 3.8) is 0 Å². The second-order valence-electron chi connectivity index (χ2n) is 7.56. The molecule has 1 unspecified atom stereocenters. The van der Waals surface area contributed by atoms with Crippen LogP contribution in [0.1, 0.15) is 11.1 Å². The van der Waals surface area contributed by atoms with Gasteiger partial charge in [-0.25, -0.2) is 0 Å². The van der Waals surface area contributed by atoms with Gasteiger partial charge in [-0.3, -0.25) is 4.90 Å². The number of hydrogen-bond donors (Lipinski definition) is 4. The summed E-state index contributed by atoms with van der Waals surface area (Å²) in [6, 6.07) is 13.9. The Morgan fingerprint density at radius 3 is 2.80 bits per heavy atom. The molecule has 1 saturated heterocycles. The number of fused-ring (bicyclic) bond motifs is 2. The SMILES string of the molecule is OC1Nc2ccc(Br)cc2/C1=C1/Nc2ccccc2/C1=N\OCCN1CCNCC1. The van der Waals surface area contributed by atoms with Crippen LogP contribution in [0.5, 0.6) is 0 Å². The number of benzene rings is 2. The number of halogens is 1. The number of aliphatic hydroxyl groups is 1. The molecule has 4 N–H and O–H groups in total. The number of para-hydroxylation sites is 1. The van der Waals surface area contributed by atoms with E-state index in [4.69, 9.17) is 4.84 Å².